The summed E-state index contributed by atoms with van der Waals surface area (Å²) >= 11 is 1.25. The van der Waals surface area contributed by atoms with Gasteiger partial charge < -0.3 is 14.8 Å². The number of hydrogen-bond donors (Lipinski definition) is 1. The minimum atomic E-state index is -0.725. The lowest BCUT2D eigenvalue weighted by molar-refractivity contribution is -0.119. The summed E-state index contributed by atoms with van der Waals surface area (Å²) in [6, 6.07) is 11.1. The van der Waals surface area contributed by atoms with E-state index in [0.29, 0.717) is 21.8 Å². The molecule has 0 atom stereocenters. The Balaban J connectivity index is 1.42. The standard InChI is InChI=1S/C22H16N2O6S/c1-29-10-19-24-17(11-31-19)22(28)30-9-18(25)23-12-6-7-15-16(8-12)21(27)14-5-3-2-4-13(14)20(15)26/h2-8,11H,9-10H2,1H3,(H,23,25). The van der Waals surface area contributed by atoms with E-state index in [1.54, 1.807) is 24.3 Å². The lowest BCUT2D eigenvalue weighted by Crippen LogP contribution is -2.23. The first-order chi connectivity index (χ1) is 15.0. The summed E-state index contributed by atoms with van der Waals surface area (Å²) in [5.74, 6) is -1.84. The molecular formula is C22H16N2O6S. The van der Waals surface area contributed by atoms with Gasteiger partial charge >= 0.3 is 5.97 Å². The third-order valence-electron chi connectivity index (χ3n) is 4.57. The second kappa shape index (κ2) is 8.58. The van der Waals surface area contributed by atoms with Crippen LogP contribution < -0.4 is 5.32 Å². The third-order valence-corrected chi connectivity index (χ3v) is 5.39. The highest BCUT2D eigenvalue weighted by molar-refractivity contribution is 7.09. The molecule has 31 heavy (non-hydrogen) atoms. The number of nitrogens with zero attached hydrogens (tertiary/aromatic N) is 1. The van der Waals surface area contributed by atoms with Crippen LogP contribution in [0.5, 0.6) is 0 Å². The number of thiazole rings is 1. The van der Waals surface area contributed by atoms with Crippen molar-refractivity contribution < 1.29 is 28.7 Å². The molecule has 0 bridgehead atoms. The van der Waals surface area contributed by atoms with Gasteiger partial charge in [0.1, 0.15) is 5.01 Å². The van der Waals surface area contributed by atoms with E-state index < -0.39 is 18.5 Å². The zero-order valence-corrected chi connectivity index (χ0v) is 17.2. The lowest BCUT2D eigenvalue weighted by atomic mass is 9.84. The predicted molar refractivity (Wildman–Crippen MR) is 111 cm³/mol. The summed E-state index contributed by atoms with van der Waals surface area (Å²) in [6.45, 7) is -0.245. The second-order valence-corrected chi connectivity index (χ2v) is 7.59. The number of fused-ring (bicyclic) bond motifs is 2. The summed E-state index contributed by atoms with van der Waals surface area (Å²) in [4.78, 5) is 53.7. The fraction of sp³-hybridized carbons (Fsp3) is 0.136. The summed E-state index contributed by atoms with van der Waals surface area (Å²) in [6.07, 6.45) is 0. The largest absolute Gasteiger partial charge is 0.451 e. The molecule has 9 heteroatoms. The molecule has 0 spiro atoms. The smallest absolute Gasteiger partial charge is 0.358 e. The van der Waals surface area contributed by atoms with Crippen molar-refractivity contribution in [2.45, 2.75) is 6.61 Å². The van der Waals surface area contributed by atoms with Crippen LogP contribution in [0.25, 0.3) is 0 Å². The highest BCUT2D eigenvalue weighted by Gasteiger charge is 2.29. The summed E-state index contributed by atoms with van der Waals surface area (Å²) in [7, 11) is 1.52. The SMILES string of the molecule is COCc1nc(C(=O)OCC(=O)Nc2ccc3c(c2)C(=O)c2ccccc2C3=O)cs1. The zero-order chi connectivity index (χ0) is 22.0. The van der Waals surface area contributed by atoms with Crippen LogP contribution in [0.1, 0.15) is 47.3 Å². The number of anilines is 1. The molecule has 1 N–H and O–H groups in total. The van der Waals surface area contributed by atoms with Crippen molar-refractivity contribution in [2.75, 3.05) is 19.0 Å². The molecule has 8 nitrogen and oxygen atoms in total. The lowest BCUT2D eigenvalue weighted by Gasteiger charge is -2.18. The fourth-order valence-electron chi connectivity index (χ4n) is 3.17. The summed E-state index contributed by atoms with van der Waals surface area (Å²) in [5, 5.41) is 4.71. The van der Waals surface area contributed by atoms with E-state index in [9.17, 15) is 19.2 Å². The number of methoxy groups -OCH3 is 1. The van der Waals surface area contributed by atoms with Gasteiger partial charge in [0, 0.05) is 40.4 Å². The highest BCUT2D eigenvalue weighted by atomic mass is 32.1. The van der Waals surface area contributed by atoms with E-state index in [1.165, 1.54) is 42.0 Å². The molecule has 156 valence electrons. The molecule has 4 rings (SSSR count). The summed E-state index contributed by atoms with van der Waals surface area (Å²) in [5.41, 5.74) is 1.60. The number of carbonyl (C=O) groups is 4. The molecule has 1 aliphatic rings. The number of esters is 1. The molecular weight excluding hydrogens is 420 g/mol. The first kappa shape index (κ1) is 20.6. The highest BCUT2D eigenvalue weighted by Crippen LogP contribution is 2.29. The normalized spacial score (nSPS) is 12.2. The van der Waals surface area contributed by atoms with Gasteiger partial charge in [-0.1, -0.05) is 24.3 Å². The molecule has 1 heterocycles. The van der Waals surface area contributed by atoms with Gasteiger partial charge in [-0.25, -0.2) is 9.78 Å². The van der Waals surface area contributed by atoms with E-state index in [2.05, 4.69) is 10.3 Å². The number of benzene rings is 2. The Morgan fingerprint density at radius 3 is 2.39 bits per heavy atom. The van der Waals surface area contributed by atoms with E-state index in [0.717, 1.165) is 0 Å². The number of rotatable bonds is 6. The van der Waals surface area contributed by atoms with Crippen LogP contribution in [0.3, 0.4) is 0 Å². The maximum Gasteiger partial charge on any atom is 0.358 e. The number of ether oxygens (including phenoxy) is 2. The van der Waals surface area contributed by atoms with Gasteiger partial charge in [0.25, 0.3) is 5.91 Å². The predicted octanol–water partition coefficient (Wildman–Crippen LogP) is 2.86. The van der Waals surface area contributed by atoms with Crippen LogP contribution in [-0.2, 0) is 20.9 Å². The van der Waals surface area contributed by atoms with Crippen molar-refractivity contribution in [3.63, 3.8) is 0 Å². The molecule has 0 saturated carbocycles. The van der Waals surface area contributed by atoms with Crippen molar-refractivity contribution in [1.29, 1.82) is 0 Å². The molecule has 0 aliphatic heterocycles. The van der Waals surface area contributed by atoms with Gasteiger partial charge in [0.05, 0.1) is 6.61 Å². The maximum atomic E-state index is 12.8. The molecule has 3 aromatic rings. The van der Waals surface area contributed by atoms with Crippen LogP contribution in [0.4, 0.5) is 5.69 Å². The minimum absolute atomic E-state index is 0.0985. The molecule has 0 radical (unpaired) electrons. The fourth-order valence-corrected chi connectivity index (χ4v) is 3.91. The number of hydrogen-bond acceptors (Lipinski definition) is 8. The van der Waals surface area contributed by atoms with E-state index in [4.69, 9.17) is 9.47 Å². The van der Waals surface area contributed by atoms with Crippen molar-refractivity contribution in [2.24, 2.45) is 0 Å². The summed E-state index contributed by atoms with van der Waals surface area (Å²) < 4.78 is 9.93. The first-order valence-electron chi connectivity index (χ1n) is 9.20. The number of nitrogens with one attached hydrogen (secondary N) is 1. The molecule has 0 fully saturated rings. The van der Waals surface area contributed by atoms with Crippen molar-refractivity contribution in [3.8, 4) is 0 Å². The molecule has 0 saturated heterocycles. The van der Waals surface area contributed by atoms with Crippen LogP contribution >= 0.6 is 11.3 Å². The van der Waals surface area contributed by atoms with Crippen molar-refractivity contribution in [1.82, 2.24) is 4.98 Å². The number of amides is 1. The van der Waals surface area contributed by atoms with E-state index in [-0.39, 0.29) is 35.0 Å². The van der Waals surface area contributed by atoms with Crippen molar-refractivity contribution >= 4 is 40.5 Å². The van der Waals surface area contributed by atoms with Crippen molar-refractivity contribution in [3.05, 3.63) is 80.8 Å². The van der Waals surface area contributed by atoms with Crippen LogP contribution in [0.2, 0.25) is 0 Å². The Labute approximate surface area is 180 Å². The Hall–Kier alpha value is -3.69. The van der Waals surface area contributed by atoms with Gasteiger partial charge in [0.15, 0.2) is 23.9 Å². The average molecular weight is 436 g/mol. The molecule has 1 aromatic heterocycles. The van der Waals surface area contributed by atoms with Crippen LogP contribution in [0.15, 0.2) is 47.8 Å². The molecule has 0 unspecified atom stereocenters. The molecule has 1 amide bonds. The van der Waals surface area contributed by atoms with Gasteiger partial charge in [-0.3, -0.25) is 14.4 Å². The number of ketones is 2. The second-order valence-electron chi connectivity index (χ2n) is 6.65. The monoisotopic (exact) mass is 436 g/mol. The van der Waals surface area contributed by atoms with Gasteiger partial charge in [-0.2, -0.15) is 0 Å². The van der Waals surface area contributed by atoms with Crippen LogP contribution in [0, 0.1) is 0 Å². The quantitative estimate of drug-likeness (QED) is 0.463. The first-order valence-corrected chi connectivity index (χ1v) is 10.1. The Morgan fingerprint density at radius 2 is 1.68 bits per heavy atom. The minimum Gasteiger partial charge on any atom is -0.451 e. The Bertz CT molecular complexity index is 1220. The average Bonchev–Trinajstić information content (AvgIpc) is 3.25. The third kappa shape index (κ3) is 4.14. The molecule has 2 aromatic carbocycles. The zero-order valence-electron chi connectivity index (χ0n) is 16.3. The topological polar surface area (TPSA) is 112 Å². The Kier molecular flexibility index (Phi) is 5.70. The van der Waals surface area contributed by atoms with Gasteiger partial charge in [0.2, 0.25) is 0 Å². The maximum absolute atomic E-state index is 12.8. The number of carbonyl (C=O) groups excluding carboxylic acids is 4. The number of aromatic nitrogens is 1. The van der Waals surface area contributed by atoms with Gasteiger partial charge in [-0.05, 0) is 18.2 Å². The van der Waals surface area contributed by atoms with E-state index in [1.807, 2.05) is 0 Å². The van der Waals surface area contributed by atoms with Gasteiger partial charge in [-0.15, -0.1) is 11.3 Å². The Morgan fingerprint density at radius 1 is 1.00 bits per heavy atom. The molecule has 1 aliphatic carbocycles. The van der Waals surface area contributed by atoms with Crippen LogP contribution in [-0.4, -0.2) is 42.1 Å². The van der Waals surface area contributed by atoms with E-state index >= 15 is 0 Å².